The summed E-state index contributed by atoms with van der Waals surface area (Å²) >= 11 is 7.90. The summed E-state index contributed by atoms with van der Waals surface area (Å²) in [6, 6.07) is 5.07. The van der Waals surface area contributed by atoms with Crippen molar-refractivity contribution in [2.45, 2.75) is 18.8 Å². The van der Waals surface area contributed by atoms with Crippen molar-refractivity contribution < 1.29 is 18.3 Å². The molecule has 3 nitrogen and oxygen atoms in total. The first-order valence-corrected chi connectivity index (χ1v) is 7.56. The number of hydrogen-bond donors (Lipinski definition) is 0. The van der Waals surface area contributed by atoms with E-state index in [0.29, 0.717) is 23.7 Å². The number of piperidine rings is 1. The summed E-state index contributed by atoms with van der Waals surface area (Å²) in [5.41, 5.74) is 0. The average molecular weight is 416 g/mol. The van der Waals surface area contributed by atoms with Gasteiger partial charge in [-0.05, 0) is 47.2 Å². The van der Waals surface area contributed by atoms with E-state index in [2.05, 4.69) is 22.6 Å². The molecule has 0 unspecified atom stereocenters. The van der Waals surface area contributed by atoms with Crippen LogP contribution < -0.4 is 4.74 Å². The summed E-state index contributed by atoms with van der Waals surface area (Å²) in [7, 11) is 0. The Morgan fingerprint density at radius 3 is 2.95 bits per heavy atom. The molecule has 1 aliphatic heterocycles. The van der Waals surface area contributed by atoms with Gasteiger partial charge in [0.25, 0.3) is 11.8 Å². The van der Waals surface area contributed by atoms with E-state index >= 15 is 0 Å². The van der Waals surface area contributed by atoms with Gasteiger partial charge < -0.3 is 9.64 Å². The zero-order valence-corrected chi connectivity index (χ0v) is 13.5. The van der Waals surface area contributed by atoms with Crippen LogP contribution in [0.5, 0.6) is 5.75 Å². The number of alkyl halides is 2. The highest BCUT2D eigenvalue weighted by molar-refractivity contribution is 14.1. The summed E-state index contributed by atoms with van der Waals surface area (Å²) < 4.78 is 32.7. The van der Waals surface area contributed by atoms with Gasteiger partial charge in [-0.2, -0.15) is 0 Å². The molecule has 110 valence electrons. The van der Waals surface area contributed by atoms with Gasteiger partial charge in [0.15, 0.2) is 6.61 Å². The van der Waals surface area contributed by atoms with Crippen LogP contribution in [-0.4, -0.2) is 36.4 Å². The van der Waals surface area contributed by atoms with E-state index < -0.39 is 18.4 Å². The Morgan fingerprint density at radius 2 is 2.25 bits per heavy atom. The van der Waals surface area contributed by atoms with Gasteiger partial charge in [0, 0.05) is 18.0 Å². The molecule has 1 aliphatic rings. The number of benzene rings is 1. The van der Waals surface area contributed by atoms with Gasteiger partial charge in [-0.3, -0.25) is 4.79 Å². The first-order chi connectivity index (χ1) is 9.37. The highest BCUT2D eigenvalue weighted by atomic mass is 127. The highest BCUT2D eigenvalue weighted by Gasteiger charge is 2.37. The number of likely N-dealkylation sites (tertiary alicyclic amines) is 1. The van der Waals surface area contributed by atoms with Gasteiger partial charge in [-0.25, -0.2) is 8.78 Å². The normalized spacial score (nSPS) is 17.9. The van der Waals surface area contributed by atoms with E-state index in [9.17, 15) is 13.6 Å². The van der Waals surface area contributed by atoms with Crippen LogP contribution in [0.3, 0.4) is 0 Å². The van der Waals surface area contributed by atoms with Crippen LogP contribution in [0.1, 0.15) is 12.8 Å². The van der Waals surface area contributed by atoms with Crippen LogP contribution in [0.4, 0.5) is 8.78 Å². The quantitative estimate of drug-likeness (QED) is 0.706. The second kappa shape index (κ2) is 6.43. The minimum absolute atomic E-state index is 0.163. The van der Waals surface area contributed by atoms with Gasteiger partial charge in [-0.1, -0.05) is 11.6 Å². The first kappa shape index (κ1) is 15.8. The SMILES string of the molecule is O=C(COc1cc(Cl)ccc1I)N1CCCC(F)(F)C1. The van der Waals surface area contributed by atoms with Crippen molar-refractivity contribution in [3.05, 3.63) is 26.8 Å². The maximum atomic E-state index is 13.2. The summed E-state index contributed by atoms with van der Waals surface area (Å²) in [6.45, 7) is -0.432. The fourth-order valence-corrected chi connectivity index (χ4v) is 2.65. The van der Waals surface area contributed by atoms with Crippen LogP contribution in [0.15, 0.2) is 18.2 Å². The second-order valence-electron chi connectivity index (χ2n) is 4.64. The first-order valence-electron chi connectivity index (χ1n) is 6.11. The number of halogens is 4. The van der Waals surface area contributed by atoms with Crippen LogP contribution >= 0.6 is 34.2 Å². The maximum absolute atomic E-state index is 13.2. The lowest BCUT2D eigenvalue weighted by Gasteiger charge is -2.32. The predicted molar refractivity (Wildman–Crippen MR) is 80.4 cm³/mol. The molecule has 0 bridgehead atoms. The third-order valence-corrected chi connectivity index (χ3v) is 4.12. The Labute approximate surface area is 134 Å². The minimum Gasteiger partial charge on any atom is -0.483 e. The molecular weight excluding hydrogens is 403 g/mol. The molecule has 1 heterocycles. The largest absolute Gasteiger partial charge is 0.483 e. The smallest absolute Gasteiger partial charge is 0.265 e. The second-order valence-corrected chi connectivity index (χ2v) is 6.24. The minimum atomic E-state index is -2.79. The van der Waals surface area contributed by atoms with Crippen molar-refractivity contribution in [3.63, 3.8) is 0 Å². The molecule has 1 amide bonds. The van der Waals surface area contributed by atoms with Gasteiger partial charge in [0.1, 0.15) is 5.75 Å². The van der Waals surface area contributed by atoms with Crippen LogP contribution in [0.2, 0.25) is 5.02 Å². The van der Waals surface area contributed by atoms with E-state index in [4.69, 9.17) is 16.3 Å². The van der Waals surface area contributed by atoms with Crippen LogP contribution in [0, 0.1) is 3.57 Å². The molecule has 1 saturated heterocycles. The molecule has 1 fully saturated rings. The molecule has 1 aromatic rings. The van der Waals surface area contributed by atoms with Crippen molar-refractivity contribution in [1.29, 1.82) is 0 Å². The summed E-state index contributed by atoms with van der Waals surface area (Å²) in [6.07, 6.45) is 0.150. The van der Waals surface area contributed by atoms with Crippen molar-refractivity contribution in [2.24, 2.45) is 0 Å². The van der Waals surface area contributed by atoms with Crippen molar-refractivity contribution in [1.82, 2.24) is 4.90 Å². The molecule has 0 N–H and O–H groups in total. The number of carbonyl (C=O) groups is 1. The Balaban J connectivity index is 1.93. The summed E-state index contributed by atoms with van der Waals surface area (Å²) in [5, 5.41) is 0.498. The predicted octanol–water partition coefficient (Wildman–Crippen LogP) is 3.58. The lowest BCUT2D eigenvalue weighted by Crippen LogP contribution is -2.47. The summed E-state index contributed by atoms with van der Waals surface area (Å²) in [5.74, 6) is -2.74. The van der Waals surface area contributed by atoms with Crippen molar-refractivity contribution in [3.8, 4) is 5.75 Å². The molecule has 7 heteroatoms. The Kier molecular flexibility index (Phi) is 5.06. The molecule has 0 spiro atoms. The molecule has 0 aliphatic carbocycles. The molecule has 1 aromatic carbocycles. The van der Waals surface area contributed by atoms with Crippen molar-refractivity contribution >= 4 is 40.1 Å². The lowest BCUT2D eigenvalue weighted by atomic mass is 10.1. The molecule has 0 saturated carbocycles. The van der Waals surface area contributed by atoms with Gasteiger partial charge in [0.05, 0.1) is 10.1 Å². The Hall–Kier alpha value is -0.630. The number of amides is 1. The third-order valence-electron chi connectivity index (χ3n) is 2.99. The Morgan fingerprint density at radius 1 is 1.50 bits per heavy atom. The maximum Gasteiger partial charge on any atom is 0.265 e. The number of carbonyl (C=O) groups excluding carboxylic acids is 1. The zero-order valence-electron chi connectivity index (χ0n) is 10.5. The molecule has 0 radical (unpaired) electrons. The molecular formula is C13H13ClF2INO2. The standard InChI is InChI=1S/C13H13ClF2INO2/c14-9-2-3-10(17)11(6-9)20-7-12(19)18-5-1-4-13(15,16)8-18/h2-3,6H,1,4-5,7-8H2. The Bertz CT molecular complexity index is 513. The van der Waals surface area contributed by atoms with Crippen LogP contribution in [-0.2, 0) is 4.79 Å². The van der Waals surface area contributed by atoms with E-state index in [1.165, 1.54) is 0 Å². The topological polar surface area (TPSA) is 29.5 Å². The van der Waals surface area contributed by atoms with Crippen molar-refractivity contribution in [2.75, 3.05) is 19.7 Å². The molecule has 0 aromatic heterocycles. The van der Waals surface area contributed by atoms with Crippen LogP contribution in [0.25, 0.3) is 0 Å². The fourth-order valence-electron chi connectivity index (χ4n) is 2.00. The average Bonchev–Trinajstić information content (AvgIpc) is 2.38. The van der Waals surface area contributed by atoms with Gasteiger partial charge in [-0.15, -0.1) is 0 Å². The third kappa shape index (κ3) is 4.18. The van der Waals surface area contributed by atoms with E-state index in [1.54, 1.807) is 18.2 Å². The number of nitrogens with zero attached hydrogens (tertiary/aromatic N) is 1. The number of hydrogen-bond acceptors (Lipinski definition) is 2. The summed E-state index contributed by atoms with van der Waals surface area (Å²) in [4.78, 5) is 13.0. The molecule has 0 atom stereocenters. The highest BCUT2D eigenvalue weighted by Crippen LogP contribution is 2.27. The number of ether oxygens (including phenoxy) is 1. The molecule has 20 heavy (non-hydrogen) atoms. The zero-order chi connectivity index (χ0) is 14.8. The van der Waals surface area contributed by atoms with E-state index in [0.717, 1.165) is 8.47 Å². The van der Waals surface area contributed by atoms with E-state index in [1.807, 2.05) is 0 Å². The molecule has 2 rings (SSSR count). The number of rotatable bonds is 3. The van der Waals surface area contributed by atoms with E-state index in [-0.39, 0.29) is 13.0 Å². The van der Waals surface area contributed by atoms with Gasteiger partial charge >= 0.3 is 0 Å². The monoisotopic (exact) mass is 415 g/mol. The lowest BCUT2D eigenvalue weighted by molar-refractivity contribution is -0.143. The van der Waals surface area contributed by atoms with Gasteiger partial charge in [0.2, 0.25) is 0 Å². The fraction of sp³-hybridized carbons (Fsp3) is 0.462.